The molecule has 0 bridgehead atoms. The Kier molecular flexibility index (Phi) is 3.47. The van der Waals surface area contributed by atoms with Gasteiger partial charge in [-0.05, 0) is 5.56 Å². The Morgan fingerprint density at radius 2 is 2.24 bits per heavy atom. The number of hydrogen-bond acceptors (Lipinski definition) is 3. The minimum atomic E-state index is -0.466. The second kappa shape index (κ2) is 5.04. The Morgan fingerprint density at radius 3 is 2.88 bits per heavy atom. The Labute approximate surface area is 101 Å². The van der Waals surface area contributed by atoms with Gasteiger partial charge in [-0.15, -0.1) is 0 Å². The number of carbonyl (C=O) groups excluding carboxylic acids is 2. The third kappa shape index (κ3) is 2.87. The van der Waals surface area contributed by atoms with Crippen molar-refractivity contribution in [3.63, 3.8) is 0 Å². The van der Waals surface area contributed by atoms with E-state index < -0.39 is 6.04 Å². The molecule has 1 aromatic rings. The minimum Gasteiger partial charge on any atom is -0.464 e. The van der Waals surface area contributed by atoms with Gasteiger partial charge in [-0.2, -0.15) is 0 Å². The number of rotatable bonds is 3. The van der Waals surface area contributed by atoms with E-state index in [-0.39, 0.29) is 11.9 Å². The van der Waals surface area contributed by atoms with Gasteiger partial charge in [0, 0.05) is 6.42 Å². The van der Waals surface area contributed by atoms with Gasteiger partial charge in [-0.1, -0.05) is 29.7 Å². The summed E-state index contributed by atoms with van der Waals surface area (Å²) >= 11 is 0. The van der Waals surface area contributed by atoms with Crippen molar-refractivity contribution < 1.29 is 14.3 Å². The fourth-order valence-electron chi connectivity index (χ4n) is 1.85. The van der Waals surface area contributed by atoms with Crippen LogP contribution in [-0.2, 0) is 20.7 Å². The molecule has 88 valence electrons. The topological polar surface area (TPSA) is 55.4 Å². The van der Waals surface area contributed by atoms with E-state index in [4.69, 9.17) is 4.74 Å². The van der Waals surface area contributed by atoms with Crippen LogP contribution >= 0.6 is 0 Å². The summed E-state index contributed by atoms with van der Waals surface area (Å²) in [6, 6.07) is 7.25. The molecule has 1 amide bonds. The summed E-state index contributed by atoms with van der Waals surface area (Å²) in [6.07, 6.45) is 0.870. The highest BCUT2D eigenvalue weighted by Gasteiger charge is 2.27. The van der Waals surface area contributed by atoms with Crippen molar-refractivity contribution in [3.8, 4) is 0 Å². The zero-order valence-corrected chi connectivity index (χ0v) is 9.73. The van der Waals surface area contributed by atoms with Gasteiger partial charge in [-0.25, -0.2) is 4.79 Å². The number of nitrogens with one attached hydrogen (secondary N) is 1. The van der Waals surface area contributed by atoms with Crippen molar-refractivity contribution in [3.05, 3.63) is 29.8 Å². The highest BCUT2D eigenvalue weighted by molar-refractivity contribution is 6.33. The second-order valence-electron chi connectivity index (χ2n) is 4.18. The van der Waals surface area contributed by atoms with E-state index >= 15 is 0 Å². The first-order chi connectivity index (χ1) is 8.16. The molecule has 0 spiro atoms. The lowest BCUT2D eigenvalue weighted by Crippen LogP contribution is -2.39. The van der Waals surface area contributed by atoms with Gasteiger partial charge in [0.15, 0.2) is 0 Å². The Bertz CT molecular complexity index is 447. The Balaban J connectivity index is 1.93. The highest BCUT2D eigenvalue weighted by atomic mass is 16.5. The normalized spacial score (nSPS) is 18.8. The van der Waals surface area contributed by atoms with Crippen LogP contribution in [0.25, 0.3) is 0 Å². The highest BCUT2D eigenvalue weighted by Crippen LogP contribution is 2.06. The van der Waals surface area contributed by atoms with Crippen molar-refractivity contribution in [1.82, 2.24) is 5.32 Å². The molecule has 0 radical (unpaired) electrons. The third-order valence-corrected chi connectivity index (χ3v) is 2.88. The smallest absolute Gasteiger partial charge is 0.328 e. The second-order valence-corrected chi connectivity index (χ2v) is 4.18. The molecular formula is C12H14BNO3. The van der Waals surface area contributed by atoms with Crippen molar-refractivity contribution in [2.75, 3.05) is 6.61 Å². The van der Waals surface area contributed by atoms with Crippen LogP contribution in [-0.4, -0.2) is 32.4 Å². The zero-order chi connectivity index (χ0) is 12.3. The van der Waals surface area contributed by atoms with Crippen LogP contribution in [0, 0.1) is 0 Å². The maximum absolute atomic E-state index is 11.7. The van der Waals surface area contributed by atoms with E-state index in [0.29, 0.717) is 19.4 Å². The maximum atomic E-state index is 11.7. The summed E-state index contributed by atoms with van der Waals surface area (Å²) in [5, 5.41) is 2.69. The van der Waals surface area contributed by atoms with E-state index in [1.807, 2.05) is 32.1 Å². The molecule has 1 aliphatic heterocycles. The van der Waals surface area contributed by atoms with Crippen molar-refractivity contribution in [1.29, 1.82) is 0 Å². The summed E-state index contributed by atoms with van der Waals surface area (Å²) in [4.78, 5) is 22.9. The zero-order valence-electron chi connectivity index (χ0n) is 9.73. The molecule has 2 rings (SSSR count). The van der Waals surface area contributed by atoms with E-state index in [9.17, 15) is 9.59 Å². The lowest BCUT2D eigenvalue weighted by Gasteiger charge is -2.10. The maximum Gasteiger partial charge on any atom is 0.328 e. The van der Waals surface area contributed by atoms with E-state index in [0.717, 1.165) is 11.0 Å². The van der Waals surface area contributed by atoms with Crippen LogP contribution in [0.5, 0.6) is 0 Å². The lowest BCUT2D eigenvalue weighted by molar-refractivity contribution is -0.141. The van der Waals surface area contributed by atoms with Gasteiger partial charge in [0.25, 0.3) is 0 Å². The molecule has 17 heavy (non-hydrogen) atoms. The van der Waals surface area contributed by atoms with Crippen LogP contribution in [0.2, 0.25) is 0 Å². The van der Waals surface area contributed by atoms with Crippen molar-refractivity contribution >= 4 is 25.2 Å². The number of carbonyl (C=O) groups is 2. The molecule has 1 atom stereocenters. The SMILES string of the molecule is Bc1ccccc1CC(=O)NC1CCOC1=O. The fourth-order valence-corrected chi connectivity index (χ4v) is 1.85. The molecular weight excluding hydrogens is 217 g/mol. The Hall–Kier alpha value is -1.78. The quantitative estimate of drug-likeness (QED) is 0.531. The summed E-state index contributed by atoms with van der Waals surface area (Å²) in [5.74, 6) is -0.466. The first-order valence-corrected chi connectivity index (χ1v) is 5.67. The molecule has 0 aliphatic carbocycles. The van der Waals surface area contributed by atoms with Gasteiger partial charge in [0.1, 0.15) is 13.9 Å². The summed E-state index contributed by atoms with van der Waals surface area (Å²) in [7, 11) is 1.96. The lowest BCUT2D eigenvalue weighted by atomic mass is 9.89. The van der Waals surface area contributed by atoms with Gasteiger partial charge in [0.2, 0.25) is 5.91 Å². The first kappa shape index (κ1) is 11.7. The molecule has 1 aromatic carbocycles. The predicted octanol–water partition coefficient (Wildman–Crippen LogP) is -1.08. The van der Waals surface area contributed by atoms with Gasteiger partial charge in [0.05, 0.1) is 13.0 Å². The summed E-state index contributed by atoms with van der Waals surface area (Å²) in [5.41, 5.74) is 2.06. The van der Waals surface area contributed by atoms with Crippen molar-refractivity contribution in [2.45, 2.75) is 18.9 Å². The summed E-state index contributed by atoms with van der Waals surface area (Å²) < 4.78 is 4.79. The van der Waals surface area contributed by atoms with Crippen LogP contribution < -0.4 is 10.8 Å². The first-order valence-electron chi connectivity index (χ1n) is 5.67. The van der Waals surface area contributed by atoms with Crippen LogP contribution in [0.4, 0.5) is 0 Å². The molecule has 4 nitrogen and oxygen atoms in total. The van der Waals surface area contributed by atoms with Crippen LogP contribution in [0.15, 0.2) is 24.3 Å². The largest absolute Gasteiger partial charge is 0.464 e. The minimum absolute atomic E-state index is 0.136. The number of cyclic esters (lactones) is 1. The molecule has 1 fully saturated rings. The van der Waals surface area contributed by atoms with Gasteiger partial charge >= 0.3 is 5.97 Å². The fraction of sp³-hybridized carbons (Fsp3) is 0.333. The third-order valence-electron chi connectivity index (χ3n) is 2.88. The molecule has 1 N–H and O–H groups in total. The average Bonchev–Trinajstić information content (AvgIpc) is 2.68. The monoisotopic (exact) mass is 231 g/mol. The molecule has 1 aliphatic rings. The van der Waals surface area contributed by atoms with E-state index in [1.54, 1.807) is 0 Å². The molecule has 1 unspecified atom stereocenters. The average molecular weight is 231 g/mol. The molecule has 0 saturated carbocycles. The van der Waals surface area contributed by atoms with E-state index in [1.165, 1.54) is 0 Å². The number of benzene rings is 1. The summed E-state index contributed by atoms with van der Waals surface area (Å²) in [6.45, 7) is 0.397. The number of ether oxygens (including phenoxy) is 1. The molecule has 1 heterocycles. The standard InChI is InChI=1S/C12H14BNO3/c13-9-4-2-1-3-8(9)7-11(15)14-10-5-6-17-12(10)16/h1-4,10H,5-7,13H2,(H,14,15). The number of amides is 1. The van der Waals surface area contributed by atoms with Gasteiger partial charge < -0.3 is 10.1 Å². The molecule has 0 aromatic heterocycles. The predicted molar refractivity (Wildman–Crippen MR) is 65.8 cm³/mol. The molecule has 1 saturated heterocycles. The van der Waals surface area contributed by atoms with Crippen LogP contribution in [0.1, 0.15) is 12.0 Å². The molecule has 5 heteroatoms. The Morgan fingerprint density at radius 1 is 1.47 bits per heavy atom. The number of hydrogen-bond donors (Lipinski definition) is 1. The number of esters is 1. The van der Waals surface area contributed by atoms with E-state index in [2.05, 4.69) is 5.32 Å². The van der Waals surface area contributed by atoms with Crippen molar-refractivity contribution in [2.24, 2.45) is 0 Å². The van der Waals surface area contributed by atoms with Crippen LogP contribution in [0.3, 0.4) is 0 Å². The van der Waals surface area contributed by atoms with Gasteiger partial charge in [-0.3, -0.25) is 4.79 Å².